The van der Waals surface area contributed by atoms with E-state index in [9.17, 15) is 18.5 Å². The van der Waals surface area contributed by atoms with Gasteiger partial charge in [-0.25, -0.2) is 13.4 Å². The number of benzene rings is 1. The number of nitrogens with zero attached hydrogens (tertiary/aromatic N) is 4. The second-order valence-electron chi connectivity index (χ2n) is 11.7. The molecule has 40 heavy (non-hydrogen) atoms. The van der Waals surface area contributed by atoms with Gasteiger partial charge in [0.1, 0.15) is 12.8 Å². The van der Waals surface area contributed by atoms with Crippen LogP contribution in [0.1, 0.15) is 58.7 Å². The summed E-state index contributed by atoms with van der Waals surface area (Å²) in [6.45, 7) is 9.14. The molecule has 2 aliphatic rings. The molecule has 0 N–H and O–H groups in total. The Labute approximate surface area is 238 Å². The highest BCUT2D eigenvalue weighted by Gasteiger charge is 2.26. The summed E-state index contributed by atoms with van der Waals surface area (Å²) in [5.74, 6) is -0.0969. The summed E-state index contributed by atoms with van der Waals surface area (Å²) in [5.41, 5.74) is 3.78. The molecular formula is C29H40N4O5SSi. The number of rotatable bonds is 12. The number of Topliss-reactive ketones (excluding diaryl/α,β-unsaturated/α-hetero) is 1. The highest BCUT2D eigenvalue weighted by molar-refractivity contribution is 7.88. The van der Waals surface area contributed by atoms with Gasteiger partial charge in [-0.2, -0.15) is 9.57 Å². The fourth-order valence-electron chi connectivity index (χ4n) is 4.96. The highest BCUT2D eigenvalue weighted by Crippen LogP contribution is 2.31. The molecule has 0 bridgehead atoms. The van der Waals surface area contributed by atoms with Gasteiger partial charge in [0.15, 0.2) is 11.5 Å². The number of imidazole rings is 1. The number of allylic oxidation sites excluding steroid dienone is 2. The van der Waals surface area contributed by atoms with E-state index in [-0.39, 0.29) is 36.2 Å². The predicted molar refractivity (Wildman–Crippen MR) is 157 cm³/mol. The Morgan fingerprint density at radius 1 is 1.20 bits per heavy atom. The summed E-state index contributed by atoms with van der Waals surface area (Å²) in [4.78, 5) is 17.8. The minimum Gasteiger partial charge on any atom is -0.379 e. The van der Waals surface area contributed by atoms with Gasteiger partial charge in [-0.1, -0.05) is 43.9 Å². The zero-order chi connectivity index (χ0) is 28.8. The lowest BCUT2D eigenvalue weighted by molar-refractivity contribution is 0.0729. The zero-order valence-electron chi connectivity index (χ0n) is 23.8. The van der Waals surface area contributed by atoms with Crippen molar-refractivity contribution in [3.63, 3.8) is 0 Å². The Hall–Kier alpha value is -2.62. The number of morpholine rings is 1. The maximum absolute atomic E-state index is 13.5. The van der Waals surface area contributed by atoms with Crippen LogP contribution in [0.2, 0.25) is 25.7 Å². The second-order valence-corrected chi connectivity index (χ2v) is 19.3. The molecule has 2 heterocycles. The summed E-state index contributed by atoms with van der Waals surface area (Å²) in [5, 5.41) is 9.42. The van der Waals surface area contributed by atoms with Crippen LogP contribution in [-0.2, 0) is 38.4 Å². The van der Waals surface area contributed by atoms with Gasteiger partial charge in [0.05, 0.1) is 19.0 Å². The number of sulfonamides is 1. The third-order valence-corrected chi connectivity index (χ3v) is 10.8. The Morgan fingerprint density at radius 3 is 2.65 bits per heavy atom. The fourth-order valence-corrected chi connectivity index (χ4v) is 7.21. The third-order valence-electron chi connectivity index (χ3n) is 7.24. The summed E-state index contributed by atoms with van der Waals surface area (Å²) < 4.78 is 40.4. The molecule has 216 valence electrons. The van der Waals surface area contributed by atoms with Crippen LogP contribution in [-0.4, -0.2) is 69.0 Å². The van der Waals surface area contributed by atoms with Crippen molar-refractivity contribution in [2.45, 2.75) is 70.3 Å². The predicted octanol–water partition coefficient (Wildman–Crippen LogP) is 4.61. The number of ketones is 1. The van der Waals surface area contributed by atoms with Crippen molar-refractivity contribution in [1.29, 1.82) is 5.26 Å². The van der Waals surface area contributed by atoms with Crippen LogP contribution in [0.5, 0.6) is 0 Å². The number of ether oxygens (including phenoxy) is 2. The topological polar surface area (TPSA) is 115 Å². The van der Waals surface area contributed by atoms with Crippen LogP contribution in [0.4, 0.5) is 0 Å². The fraction of sp³-hybridized carbons (Fsp3) is 0.552. The molecule has 11 heteroatoms. The summed E-state index contributed by atoms with van der Waals surface area (Å²) in [7, 11) is -4.73. The van der Waals surface area contributed by atoms with E-state index in [4.69, 9.17) is 9.47 Å². The van der Waals surface area contributed by atoms with Crippen molar-refractivity contribution in [2.75, 3.05) is 32.9 Å². The maximum Gasteiger partial charge on any atom is 0.218 e. The first-order valence-electron chi connectivity index (χ1n) is 14.0. The van der Waals surface area contributed by atoms with Crippen LogP contribution in [0.25, 0.3) is 5.57 Å². The highest BCUT2D eigenvalue weighted by atomic mass is 32.2. The van der Waals surface area contributed by atoms with Crippen molar-refractivity contribution in [3.8, 4) is 6.07 Å². The first-order valence-corrected chi connectivity index (χ1v) is 19.3. The molecule has 0 radical (unpaired) electrons. The minimum absolute atomic E-state index is 0.0911. The smallest absolute Gasteiger partial charge is 0.218 e. The average molecular weight is 585 g/mol. The Bertz CT molecular complexity index is 1380. The lowest BCUT2D eigenvalue weighted by Crippen LogP contribution is -2.41. The number of hydrogen-bond acceptors (Lipinski definition) is 7. The van der Waals surface area contributed by atoms with Gasteiger partial charge in [-0.15, -0.1) is 0 Å². The number of nitriles is 1. The van der Waals surface area contributed by atoms with Gasteiger partial charge < -0.3 is 14.0 Å². The van der Waals surface area contributed by atoms with Crippen LogP contribution in [0, 0.1) is 11.3 Å². The van der Waals surface area contributed by atoms with Crippen molar-refractivity contribution in [2.24, 2.45) is 0 Å². The van der Waals surface area contributed by atoms with E-state index in [1.54, 1.807) is 16.8 Å². The molecule has 0 saturated carbocycles. The molecule has 1 aliphatic carbocycles. The summed E-state index contributed by atoms with van der Waals surface area (Å²) >= 11 is 0. The van der Waals surface area contributed by atoms with Gasteiger partial charge in [0.2, 0.25) is 15.8 Å². The first-order chi connectivity index (χ1) is 19.1. The number of hydrogen-bond donors (Lipinski definition) is 0. The van der Waals surface area contributed by atoms with Crippen LogP contribution < -0.4 is 0 Å². The van der Waals surface area contributed by atoms with E-state index in [1.807, 2.05) is 18.2 Å². The van der Waals surface area contributed by atoms with E-state index in [2.05, 4.69) is 30.7 Å². The monoisotopic (exact) mass is 584 g/mol. The quantitative estimate of drug-likeness (QED) is 0.203. The molecule has 1 aromatic heterocycles. The average Bonchev–Trinajstić information content (AvgIpc) is 3.36. The molecule has 1 aliphatic heterocycles. The third kappa shape index (κ3) is 8.21. The normalized spacial score (nSPS) is 16.9. The Balaban J connectivity index is 1.56. The number of aromatic nitrogens is 2. The standard InChI is InChI=1S/C29H40N4O5SSi/c1-40(2,3)16-15-38-22-32-20-26(19-30)31-29(32)28(34)18-25-10-9-23(17-27(25)24-7-5-4-6-8-24)21-39(35,36)33-11-13-37-14-12-33/h7,9-10,17,20H,4-6,8,11-16,18,21-22H2,1-3H3. The largest absolute Gasteiger partial charge is 0.379 e. The van der Waals surface area contributed by atoms with Gasteiger partial charge in [-0.3, -0.25) is 4.79 Å². The molecule has 0 amide bonds. The molecule has 0 atom stereocenters. The molecular weight excluding hydrogens is 544 g/mol. The molecule has 1 fully saturated rings. The van der Waals surface area contributed by atoms with Gasteiger partial charge >= 0.3 is 0 Å². The molecule has 0 spiro atoms. The van der Waals surface area contributed by atoms with Gasteiger partial charge in [-0.05, 0) is 54.0 Å². The van der Waals surface area contributed by atoms with Crippen LogP contribution in [0.3, 0.4) is 0 Å². The van der Waals surface area contributed by atoms with Gasteiger partial charge in [0, 0.05) is 40.4 Å². The van der Waals surface area contributed by atoms with E-state index >= 15 is 0 Å². The van der Waals surface area contributed by atoms with Crippen molar-refractivity contribution in [3.05, 3.63) is 58.7 Å². The number of carbonyl (C=O) groups excluding carboxylic acids is 1. The summed E-state index contributed by atoms with van der Waals surface area (Å²) in [6.07, 6.45) is 7.89. The Morgan fingerprint density at radius 2 is 1.98 bits per heavy atom. The van der Waals surface area contributed by atoms with E-state index < -0.39 is 18.1 Å². The lowest BCUT2D eigenvalue weighted by atomic mass is 9.88. The van der Waals surface area contributed by atoms with Gasteiger partial charge in [0.25, 0.3) is 0 Å². The van der Waals surface area contributed by atoms with Crippen molar-refractivity contribution in [1.82, 2.24) is 13.9 Å². The molecule has 9 nitrogen and oxygen atoms in total. The van der Waals surface area contributed by atoms with E-state index in [0.29, 0.717) is 38.5 Å². The molecule has 4 rings (SSSR count). The minimum atomic E-state index is -3.48. The first kappa shape index (κ1) is 30.3. The second kappa shape index (κ2) is 13.4. The van der Waals surface area contributed by atoms with E-state index in [1.165, 1.54) is 4.31 Å². The zero-order valence-corrected chi connectivity index (χ0v) is 25.6. The van der Waals surface area contributed by atoms with Crippen LogP contribution >= 0.6 is 0 Å². The number of carbonyl (C=O) groups is 1. The maximum atomic E-state index is 13.5. The van der Waals surface area contributed by atoms with Crippen molar-refractivity contribution >= 4 is 29.5 Å². The SMILES string of the molecule is C[Si](C)(C)CCOCn1cc(C#N)nc1C(=O)Cc1ccc(CS(=O)(=O)N2CCOCC2)cc1C1=CCCCC1. The Kier molecular flexibility index (Phi) is 10.1. The molecule has 0 unspecified atom stereocenters. The van der Waals surface area contributed by atoms with Crippen LogP contribution in [0.15, 0.2) is 30.5 Å². The van der Waals surface area contributed by atoms with Crippen molar-refractivity contribution < 1.29 is 22.7 Å². The lowest BCUT2D eigenvalue weighted by Gasteiger charge is -2.26. The molecule has 1 aromatic carbocycles. The molecule has 2 aromatic rings. The molecule has 1 saturated heterocycles. The summed E-state index contributed by atoms with van der Waals surface area (Å²) in [6, 6.07) is 8.64. The van der Waals surface area contributed by atoms with E-state index in [0.717, 1.165) is 48.4 Å².